The van der Waals surface area contributed by atoms with Gasteiger partial charge in [0.1, 0.15) is 0 Å². The highest BCUT2D eigenvalue weighted by atomic mass is 32.2. The van der Waals surface area contributed by atoms with Crippen LogP contribution in [0.2, 0.25) is 0 Å². The average Bonchev–Trinajstić information content (AvgIpc) is 3.03. The normalized spacial score (nSPS) is 25.7. The number of aliphatic imine (C=N–C) groups is 1. The first-order valence-corrected chi connectivity index (χ1v) is 8.42. The zero-order valence-electron chi connectivity index (χ0n) is 12.9. The van der Waals surface area contributed by atoms with Crippen LogP contribution in [0, 0.1) is 5.41 Å². The number of para-hydroxylation sites is 1. The Morgan fingerprint density at radius 2 is 1.96 bits per heavy atom. The van der Waals surface area contributed by atoms with E-state index in [1.807, 2.05) is 37.3 Å². The number of rotatable bonds is 3. The Balaban J connectivity index is 1.84. The number of thioether (sulfide) groups is 1. The van der Waals surface area contributed by atoms with Crippen molar-refractivity contribution < 1.29 is 9.59 Å². The standard InChI is InChI=1S/C17H15N3O2S/c1-3-7-12-13-14(18-16(22)23-13)17(12)10(2)19-20(15(17)21)11-8-5-4-6-9-11/h4-6,8-9H,3,7H2,1-2H3. The Hall–Kier alpha value is -2.21. The second kappa shape index (κ2) is 4.89. The van der Waals surface area contributed by atoms with E-state index < -0.39 is 5.41 Å². The zero-order valence-corrected chi connectivity index (χ0v) is 13.7. The molecule has 0 bridgehead atoms. The predicted octanol–water partition coefficient (Wildman–Crippen LogP) is 3.77. The van der Waals surface area contributed by atoms with Crippen LogP contribution in [-0.2, 0) is 4.79 Å². The summed E-state index contributed by atoms with van der Waals surface area (Å²) < 4.78 is 0. The van der Waals surface area contributed by atoms with Gasteiger partial charge in [-0.1, -0.05) is 31.5 Å². The fourth-order valence-electron chi connectivity index (χ4n) is 3.51. The van der Waals surface area contributed by atoms with Crippen LogP contribution < -0.4 is 5.01 Å². The van der Waals surface area contributed by atoms with Crippen LogP contribution in [0.15, 0.2) is 50.9 Å². The van der Waals surface area contributed by atoms with Crippen LogP contribution in [0.25, 0.3) is 0 Å². The van der Waals surface area contributed by atoms with Crippen molar-refractivity contribution in [1.29, 1.82) is 0 Å². The molecule has 2 heterocycles. The molecule has 1 aromatic carbocycles. The molecule has 1 atom stereocenters. The van der Waals surface area contributed by atoms with Gasteiger partial charge in [0.25, 0.3) is 5.91 Å². The topological polar surface area (TPSA) is 62.1 Å². The lowest BCUT2D eigenvalue weighted by molar-refractivity contribution is -0.120. The molecule has 1 aromatic rings. The third kappa shape index (κ3) is 1.69. The van der Waals surface area contributed by atoms with Crippen molar-refractivity contribution in [1.82, 2.24) is 0 Å². The fourth-order valence-corrected chi connectivity index (χ4v) is 4.49. The largest absolute Gasteiger partial charge is 0.310 e. The number of hydrogen-bond donors (Lipinski definition) is 0. The summed E-state index contributed by atoms with van der Waals surface area (Å²) in [6.45, 7) is 3.92. The van der Waals surface area contributed by atoms with Gasteiger partial charge in [-0.05, 0) is 42.8 Å². The Bertz CT molecular complexity index is 826. The van der Waals surface area contributed by atoms with Crippen LogP contribution in [0.3, 0.4) is 0 Å². The predicted molar refractivity (Wildman–Crippen MR) is 91.8 cm³/mol. The van der Waals surface area contributed by atoms with Crippen molar-refractivity contribution in [3.05, 3.63) is 40.8 Å². The van der Waals surface area contributed by atoms with E-state index in [1.54, 1.807) is 0 Å². The third-order valence-electron chi connectivity index (χ3n) is 4.50. The zero-order chi connectivity index (χ0) is 16.2. The van der Waals surface area contributed by atoms with Crippen molar-refractivity contribution in [2.24, 2.45) is 15.5 Å². The molecule has 0 saturated heterocycles. The van der Waals surface area contributed by atoms with Gasteiger partial charge >= 0.3 is 5.24 Å². The molecule has 3 aliphatic rings. The number of anilines is 1. The number of hydrazone groups is 1. The van der Waals surface area contributed by atoms with Crippen LogP contribution in [0.1, 0.15) is 26.7 Å². The number of benzene rings is 1. The number of allylic oxidation sites excluding steroid dienone is 1. The lowest BCUT2D eigenvalue weighted by atomic mass is 9.62. The summed E-state index contributed by atoms with van der Waals surface area (Å²) in [5.74, 6) is -0.123. The molecule has 6 heteroatoms. The Labute approximate surface area is 138 Å². The number of fused-ring (bicyclic) bond motifs is 2. The van der Waals surface area contributed by atoms with Gasteiger partial charge in [0.15, 0.2) is 5.41 Å². The minimum Gasteiger partial charge on any atom is -0.271 e. The number of nitrogens with zero attached hydrogens (tertiary/aromatic N) is 3. The van der Waals surface area contributed by atoms with Gasteiger partial charge in [-0.15, -0.1) is 0 Å². The first-order valence-electron chi connectivity index (χ1n) is 7.61. The maximum absolute atomic E-state index is 13.2. The van der Waals surface area contributed by atoms with E-state index in [-0.39, 0.29) is 11.1 Å². The quantitative estimate of drug-likeness (QED) is 0.850. The van der Waals surface area contributed by atoms with Crippen molar-refractivity contribution in [3.8, 4) is 0 Å². The van der Waals surface area contributed by atoms with Crippen molar-refractivity contribution >= 4 is 40.0 Å². The van der Waals surface area contributed by atoms with E-state index in [0.29, 0.717) is 11.4 Å². The molecule has 0 saturated carbocycles. The summed E-state index contributed by atoms with van der Waals surface area (Å²) in [6.07, 6.45) is 1.68. The molecule has 1 aliphatic carbocycles. The Morgan fingerprint density at radius 3 is 2.65 bits per heavy atom. The first kappa shape index (κ1) is 14.4. The highest BCUT2D eigenvalue weighted by molar-refractivity contribution is 8.18. The van der Waals surface area contributed by atoms with Gasteiger partial charge in [0, 0.05) is 4.91 Å². The maximum atomic E-state index is 13.2. The second-order valence-corrected chi connectivity index (χ2v) is 6.74. The first-order chi connectivity index (χ1) is 11.1. The van der Waals surface area contributed by atoms with Crippen molar-refractivity contribution in [2.45, 2.75) is 26.7 Å². The minimum atomic E-state index is -0.916. The molecule has 1 unspecified atom stereocenters. The van der Waals surface area contributed by atoms with Gasteiger partial charge in [-0.25, -0.2) is 4.99 Å². The Kier molecular flexibility index (Phi) is 3.06. The molecule has 0 fully saturated rings. The van der Waals surface area contributed by atoms with Gasteiger partial charge in [-0.2, -0.15) is 10.1 Å². The summed E-state index contributed by atoms with van der Waals surface area (Å²) >= 11 is 1.14. The summed E-state index contributed by atoms with van der Waals surface area (Å²) in [7, 11) is 0. The molecular formula is C17H15N3O2S. The number of carbonyl (C=O) groups is 2. The molecule has 2 aliphatic heterocycles. The summed E-state index contributed by atoms with van der Waals surface area (Å²) in [6, 6.07) is 9.36. The molecule has 5 nitrogen and oxygen atoms in total. The Morgan fingerprint density at radius 1 is 1.22 bits per heavy atom. The summed E-state index contributed by atoms with van der Waals surface area (Å²) in [4.78, 5) is 30.0. The molecule has 23 heavy (non-hydrogen) atoms. The third-order valence-corrected chi connectivity index (χ3v) is 5.41. The molecule has 116 valence electrons. The van der Waals surface area contributed by atoms with E-state index in [0.717, 1.165) is 40.8 Å². The molecule has 0 N–H and O–H groups in total. The smallest absolute Gasteiger partial charge is 0.271 e. The van der Waals surface area contributed by atoms with E-state index in [9.17, 15) is 9.59 Å². The fraction of sp³-hybridized carbons (Fsp3) is 0.294. The van der Waals surface area contributed by atoms with Crippen molar-refractivity contribution in [2.75, 3.05) is 5.01 Å². The lowest BCUT2D eigenvalue weighted by Gasteiger charge is -2.40. The van der Waals surface area contributed by atoms with E-state index in [2.05, 4.69) is 17.0 Å². The highest BCUT2D eigenvalue weighted by Crippen LogP contribution is 2.57. The van der Waals surface area contributed by atoms with Gasteiger partial charge in [0.2, 0.25) is 0 Å². The SMILES string of the molecule is CCCC1=C2SC(=O)N=C2C12C(=O)N(c1ccccc1)N=C2C. The monoisotopic (exact) mass is 325 g/mol. The van der Waals surface area contributed by atoms with E-state index in [4.69, 9.17) is 0 Å². The lowest BCUT2D eigenvalue weighted by Crippen LogP contribution is -2.53. The van der Waals surface area contributed by atoms with E-state index in [1.165, 1.54) is 5.01 Å². The summed E-state index contributed by atoms with van der Waals surface area (Å²) in [5, 5.41) is 5.70. The van der Waals surface area contributed by atoms with Gasteiger partial charge in [0.05, 0.1) is 17.1 Å². The molecule has 2 amide bonds. The van der Waals surface area contributed by atoms with Gasteiger partial charge < -0.3 is 0 Å². The summed E-state index contributed by atoms with van der Waals surface area (Å²) in [5.41, 5.74) is 2.11. The maximum Gasteiger partial charge on any atom is 0.310 e. The molecule has 0 aromatic heterocycles. The molecule has 4 rings (SSSR count). The van der Waals surface area contributed by atoms with Crippen LogP contribution in [-0.4, -0.2) is 22.6 Å². The number of carbonyl (C=O) groups excluding carboxylic acids is 2. The van der Waals surface area contributed by atoms with Gasteiger partial charge in [-0.3, -0.25) is 9.59 Å². The highest BCUT2D eigenvalue weighted by Gasteiger charge is 2.65. The van der Waals surface area contributed by atoms with E-state index >= 15 is 0 Å². The van der Waals surface area contributed by atoms with Crippen LogP contribution >= 0.6 is 11.8 Å². The minimum absolute atomic E-state index is 0.123. The molecular weight excluding hydrogens is 310 g/mol. The average molecular weight is 325 g/mol. The van der Waals surface area contributed by atoms with Crippen LogP contribution in [0.5, 0.6) is 0 Å². The molecule has 0 radical (unpaired) electrons. The second-order valence-electron chi connectivity index (χ2n) is 5.77. The molecule has 1 spiro atoms. The number of amides is 2. The van der Waals surface area contributed by atoms with Crippen LogP contribution in [0.4, 0.5) is 10.5 Å². The number of hydrogen-bond acceptors (Lipinski definition) is 4. The van der Waals surface area contributed by atoms with Crippen molar-refractivity contribution in [3.63, 3.8) is 0 Å².